The maximum absolute atomic E-state index is 13.0. The van der Waals surface area contributed by atoms with Gasteiger partial charge in [0.05, 0.1) is 13.2 Å². The first-order valence-corrected chi connectivity index (χ1v) is 8.49. The highest BCUT2D eigenvalue weighted by Gasteiger charge is 2.52. The van der Waals surface area contributed by atoms with E-state index >= 15 is 0 Å². The summed E-state index contributed by atoms with van der Waals surface area (Å²) in [7, 11) is 3.25. The van der Waals surface area contributed by atoms with E-state index in [0.717, 1.165) is 24.3 Å². The van der Waals surface area contributed by atoms with Crippen molar-refractivity contribution in [2.75, 3.05) is 33.8 Å². The van der Waals surface area contributed by atoms with Crippen molar-refractivity contribution in [2.24, 2.45) is 5.41 Å². The summed E-state index contributed by atoms with van der Waals surface area (Å²) in [5.74, 6) is 0.635. The smallest absolute Gasteiger partial charge is 0.238 e. The molecule has 1 atom stereocenters. The van der Waals surface area contributed by atoms with Gasteiger partial charge in [-0.1, -0.05) is 18.6 Å². The number of rotatable bonds is 4. The molecular weight excluding hydrogens is 306 g/mol. The van der Waals surface area contributed by atoms with Gasteiger partial charge in [-0.25, -0.2) is 0 Å². The maximum atomic E-state index is 13.0. The largest absolute Gasteiger partial charge is 0.497 e. The fourth-order valence-corrected chi connectivity index (χ4v) is 3.63. The van der Waals surface area contributed by atoms with Crippen LogP contribution < -0.4 is 15.4 Å². The molecule has 1 saturated heterocycles. The van der Waals surface area contributed by atoms with Gasteiger partial charge in [0, 0.05) is 26.7 Å². The highest BCUT2D eigenvalue weighted by atomic mass is 16.5. The molecule has 2 N–H and O–H groups in total. The molecule has 2 amide bonds. The molecule has 1 aliphatic heterocycles. The highest BCUT2D eigenvalue weighted by molar-refractivity contribution is 6.05. The number of hydrogen-bond donors (Lipinski definition) is 2. The molecule has 1 aliphatic carbocycles. The molecule has 2 aliphatic rings. The number of amides is 2. The number of piperazine rings is 1. The average molecular weight is 331 g/mol. The summed E-state index contributed by atoms with van der Waals surface area (Å²) in [6, 6.07) is 7.94. The van der Waals surface area contributed by atoms with Crippen molar-refractivity contribution >= 4 is 11.8 Å². The van der Waals surface area contributed by atoms with Crippen LogP contribution in [0.5, 0.6) is 5.75 Å². The van der Waals surface area contributed by atoms with Crippen molar-refractivity contribution in [2.45, 2.75) is 25.3 Å². The van der Waals surface area contributed by atoms with Crippen molar-refractivity contribution in [1.82, 2.24) is 15.5 Å². The summed E-state index contributed by atoms with van der Waals surface area (Å²) < 4.78 is 5.29. The predicted molar refractivity (Wildman–Crippen MR) is 90.7 cm³/mol. The Morgan fingerprint density at radius 2 is 2.17 bits per heavy atom. The second kappa shape index (κ2) is 6.81. The van der Waals surface area contributed by atoms with Gasteiger partial charge in [-0.3, -0.25) is 9.59 Å². The molecular formula is C18H25N3O3. The molecule has 1 aromatic rings. The SMILES string of the molecule is CNC(=O)C1(C(=O)N2CCNC(c3cccc(OC)c3)C2)CCC1. The normalized spacial score (nSPS) is 22.4. The van der Waals surface area contributed by atoms with E-state index in [1.54, 1.807) is 14.2 Å². The molecule has 1 unspecified atom stereocenters. The quantitative estimate of drug-likeness (QED) is 0.810. The lowest BCUT2D eigenvalue weighted by atomic mass is 9.67. The molecule has 0 radical (unpaired) electrons. The fraction of sp³-hybridized carbons (Fsp3) is 0.556. The minimum atomic E-state index is -0.842. The molecule has 6 nitrogen and oxygen atoms in total. The zero-order valence-electron chi connectivity index (χ0n) is 14.3. The van der Waals surface area contributed by atoms with E-state index in [4.69, 9.17) is 4.74 Å². The number of carbonyl (C=O) groups excluding carboxylic acids is 2. The Morgan fingerprint density at radius 1 is 1.38 bits per heavy atom. The molecule has 2 fully saturated rings. The number of carbonyl (C=O) groups is 2. The van der Waals surface area contributed by atoms with E-state index < -0.39 is 5.41 Å². The summed E-state index contributed by atoms with van der Waals surface area (Å²) in [5.41, 5.74) is 0.250. The number of nitrogens with zero attached hydrogens (tertiary/aromatic N) is 1. The van der Waals surface area contributed by atoms with Crippen molar-refractivity contribution in [1.29, 1.82) is 0 Å². The number of benzene rings is 1. The third-order valence-electron chi connectivity index (χ3n) is 5.24. The van der Waals surface area contributed by atoms with Gasteiger partial charge in [-0.05, 0) is 30.5 Å². The average Bonchev–Trinajstić information content (AvgIpc) is 2.60. The summed E-state index contributed by atoms with van der Waals surface area (Å²) in [5, 5.41) is 6.12. The standard InChI is InChI=1S/C18H25N3O3/c1-19-16(22)18(7-4-8-18)17(23)21-10-9-20-15(12-21)13-5-3-6-14(11-13)24-2/h3,5-6,11,15,20H,4,7-10,12H2,1-2H3,(H,19,22). The second-order valence-corrected chi connectivity index (χ2v) is 6.55. The van der Waals surface area contributed by atoms with Crippen LogP contribution >= 0.6 is 0 Å². The lowest BCUT2D eigenvalue weighted by Crippen LogP contribution is -2.59. The molecule has 1 aromatic carbocycles. The van der Waals surface area contributed by atoms with Crippen LogP contribution in [0.15, 0.2) is 24.3 Å². The van der Waals surface area contributed by atoms with Gasteiger partial charge in [0.1, 0.15) is 11.2 Å². The third kappa shape index (κ3) is 2.86. The maximum Gasteiger partial charge on any atom is 0.238 e. The fourth-order valence-electron chi connectivity index (χ4n) is 3.63. The van der Waals surface area contributed by atoms with Crippen LogP contribution in [-0.4, -0.2) is 50.5 Å². The Balaban J connectivity index is 1.75. The molecule has 1 saturated carbocycles. The monoisotopic (exact) mass is 331 g/mol. The molecule has 3 rings (SSSR count). The molecule has 130 valence electrons. The highest BCUT2D eigenvalue weighted by Crippen LogP contribution is 2.43. The van der Waals surface area contributed by atoms with Crippen LogP contribution in [-0.2, 0) is 9.59 Å². The zero-order valence-corrected chi connectivity index (χ0v) is 14.3. The summed E-state index contributed by atoms with van der Waals surface area (Å²) in [6.45, 7) is 1.93. The minimum Gasteiger partial charge on any atom is -0.497 e. The van der Waals surface area contributed by atoms with Gasteiger partial charge in [-0.2, -0.15) is 0 Å². The topological polar surface area (TPSA) is 70.7 Å². The van der Waals surface area contributed by atoms with E-state index in [2.05, 4.69) is 10.6 Å². The Bertz CT molecular complexity index is 628. The lowest BCUT2D eigenvalue weighted by Gasteiger charge is -2.44. The Kier molecular flexibility index (Phi) is 4.76. The third-order valence-corrected chi connectivity index (χ3v) is 5.24. The Hall–Kier alpha value is -2.08. The second-order valence-electron chi connectivity index (χ2n) is 6.55. The Morgan fingerprint density at radius 3 is 2.79 bits per heavy atom. The number of nitrogens with one attached hydrogen (secondary N) is 2. The van der Waals surface area contributed by atoms with Gasteiger partial charge in [0.2, 0.25) is 11.8 Å². The van der Waals surface area contributed by atoms with Crippen LogP contribution in [0.2, 0.25) is 0 Å². The summed E-state index contributed by atoms with van der Waals surface area (Å²) in [6.07, 6.45) is 2.24. The minimum absolute atomic E-state index is 0.0255. The van der Waals surface area contributed by atoms with E-state index in [1.165, 1.54) is 0 Å². The number of ether oxygens (including phenoxy) is 1. The van der Waals surface area contributed by atoms with Crippen molar-refractivity contribution in [3.8, 4) is 5.75 Å². The van der Waals surface area contributed by atoms with Crippen LogP contribution in [0.25, 0.3) is 0 Å². The first kappa shape index (κ1) is 16.8. The molecule has 0 spiro atoms. The van der Waals surface area contributed by atoms with Crippen molar-refractivity contribution in [3.05, 3.63) is 29.8 Å². The predicted octanol–water partition coefficient (Wildman–Crippen LogP) is 1.08. The van der Waals surface area contributed by atoms with Crippen LogP contribution in [0.3, 0.4) is 0 Å². The number of methoxy groups -OCH3 is 1. The summed E-state index contributed by atoms with van der Waals surface area (Å²) >= 11 is 0. The molecule has 24 heavy (non-hydrogen) atoms. The molecule has 0 aromatic heterocycles. The van der Waals surface area contributed by atoms with E-state index in [-0.39, 0.29) is 17.9 Å². The van der Waals surface area contributed by atoms with E-state index in [9.17, 15) is 9.59 Å². The first-order chi connectivity index (χ1) is 11.6. The lowest BCUT2D eigenvalue weighted by molar-refractivity contribution is -0.157. The van der Waals surface area contributed by atoms with Gasteiger partial charge < -0.3 is 20.3 Å². The zero-order chi connectivity index (χ0) is 17.2. The Labute approximate surface area is 142 Å². The van der Waals surface area contributed by atoms with Gasteiger partial charge in [0.25, 0.3) is 0 Å². The van der Waals surface area contributed by atoms with Crippen LogP contribution in [0, 0.1) is 5.41 Å². The van der Waals surface area contributed by atoms with Crippen molar-refractivity contribution < 1.29 is 14.3 Å². The van der Waals surface area contributed by atoms with Crippen molar-refractivity contribution in [3.63, 3.8) is 0 Å². The van der Waals surface area contributed by atoms with Gasteiger partial charge >= 0.3 is 0 Å². The van der Waals surface area contributed by atoms with Gasteiger partial charge in [-0.15, -0.1) is 0 Å². The summed E-state index contributed by atoms with van der Waals surface area (Å²) in [4.78, 5) is 27.1. The van der Waals surface area contributed by atoms with Crippen LogP contribution in [0.4, 0.5) is 0 Å². The van der Waals surface area contributed by atoms with Crippen LogP contribution in [0.1, 0.15) is 30.9 Å². The van der Waals surface area contributed by atoms with E-state index in [0.29, 0.717) is 25.9 Å². The number of hydrogen-bond acceptors (Lipinski definition) is 4. The van der Waals surface area contributed by atoms with Gasteiger partial charge in [0.15, 0.2) is 0 Å². The van der Waals surface area contributed by atoms with E-state index in [1.807, 2.05) is 29.2 Å². The molecule has 6 heteroatoms. The molecule has 1 heterocycles. The molecule has 0 bridgehead atoms. The first-order valence-electron chi connectivity index (χ1n) is 8.49.